The molecule has 0 radical (unpaired) electrons. The predicted molar refractivity (Wildman–Crippen MR) is 60.5 cm³/mol. The summed E-state index contributed by atoms with van der Waals surface area (Å²) < 4.78 is 0. The smallest absolute Gasteiger partial charge is 0.0125 e. The highest BCUT2D eigenvalue weighted by Gasteiger charge is 2.35. The fourth-order valence-electron chi connectivity index (χ4n) is 2.62. The van der Waals surface area contributed by atoms with Crippen LogP contribution in [0.1, 0.15) is 39.5 Å². The maximum absolute atomic E-state index is 3.36. The summed E-state index contributed by atoms with van der Waals surface area (Å²) >= 11 is 0. The Labute approximate surface area is 88.1 Å². The molecule has 2 fully saturated rings. The van der Waals surface area contributed by atoms with Crippen molar-refractivity contribution in [2.45, 2.75) is 51.6 Å². The maximum atomic E-state index is 3.36. The molecule has 0 bridgehead atoms. The van der Waals surface area contributed by atoms with E-state index < -0.39 is 0 Å². The van der Waals surface area contributed by atoms with Crippen molar-refractivity contribution in [3.63, 3.8) is 0 Å². The number of hydrogen-bond acceptors (Lipinski definition) is 2. The lowest BCUT2D eigenvalue weighted by atomic mass is 9.79. The molecule has 1 heterocycles. The second-order valence-electron chi connectivity index (χ2n) is 5.81. The molecular formula is C12H24N2. The second kappa shape index (κ2) is 3.82. The van der Waals surface area contributed by atoms with Crippen molar-refractivity contribution >= 4 is 0 Å². The maximum Gasteiger partial charge on any atom is 0.0125 e. The van der Waals surface area contributed by atoms with E-state index in [1.807, 2.05) is 0 Å². The van der Waals surface area contributed by atoms with Crippen molar-refractivity contribution < 1.29 is 0 Å². The van der Waals surface area contributed by atoms with E-state index in [9.17, 15) is 0 Å². The molecule has 1 saturated carbocycles. The summed E-state index contributed by atoms with van der Waals surface area (Å²) in [5.41, 5.74) is 0.600. The molecule has 0 amide bonds. The van der Waals surface area contributed by atoms with E-state index in [2.05, 4.69) is 31.1 Å². The molecule has 2 rings (SSSR count). The van der Waals surface area contributed by atoms with Crippen LogP contribution in [0.15, 0.2) is 0 Å². The van der Waals surface area contributed by atoms with Gasteiger partial charge in [-0.15, -0.1) is 0 Å². The Balaban J connectivity index is 1.75. The van der Waals surface area contributed by atoms with Gasteiger partial charge in [-0.05, 0) is 51.2 Å². The van der Waals surface area contributed by atoms with Crippen molar-refractivity contribution in [1.82, 2.24) is 10.2 Å². The molecule has 2 nitrogen and oxygen atoms in total. The molecule has 1 saturated heterocycles. The average molecular weight is 196 g/mol. The van der Waals surface area contributed by atoms with Crippen LogP contribution in [0.5, 0.6) is 0 Å². The van der Waals surface area contributed by atoms with Crippen molar-refractivity contribution in [3.05, 3.63) is 0 Å². The number of hydrogen-bond donors (Lipinski definition) is 1. The van der Waals surface area contributed by atoms with E-state index in [1.54, 1.807) is 0 Å². The lowest BCUT2D eigenvalue weighted by molar-refractivity contribution is 0.0436. The third-order valence-electron chi connectivity index (χ3n) is 4.19. The first-order valence-corrected chi connectivity index (χ1v) is 6.02. The van der Waals surface area contributed by atoms with Gasteiger partial charge in [-0.3, -0.25) is 0 Å². The van der Waals surface area contributed by atoms with Crippen LogP contribution in [-0.4, -0.2) is 37.1 Å². The Hall–Kier alpha value is -0.0800. The zero-order valence-electron chi connectivity index (χ0n) is 9.84. The van der Waals surface area contributed by atoms with Crippen LogP contribution in [0.4, 0.5) is 0 Å². The molecule has 2 aliphatic rings. The average Bonchev–Trinajstić information content (AvgIpc) is 2.06. The number of nitrogens with one attached hydrogen (secondary N) is 1. The van der Waals surface area contributed by atoms with Crippen LogP contribution in [0.25, 0.3) is 0 Å². The zero-order valence-corrected chi connectivity index (χ0v) is 9.84. The quantitative estimate of drug-likeness (QED) is 0.725. The van der Waals surface area contributed by atoms with Gasteiger partial charge in [0.1, 0.15) is 0 Å². The van der Waals surface area contributed by atoms with Gasteiger partial charge < -0.3 is 10.2 Å². The van der Waals surface area contributed by atoms with Crippen LogP contribution in [0.2, 0.25) is 0 Å². The Morgan fingerprint density at radius 1 is 1.14 bits per heavy atom. The van der Waals surface area contributed by atoms with Crippen molar-refractivity contribution in [1.29, 1.82) is 0 Å². The van der Waals surface area contributed by atoms with E-state index >= 15 is 0 Å². The first-order valence-electron chi connectivity index (χ1n) is 6.02. The van der Waals surface area contributed by atoms with Crippen LogP contribution < -0.4 is 5.32 Å². The van der Waals surface area contributed by atoms with Gasteiger partial charge in [0.25, 0.3) is 0 Å². The highest BCUT2D eigenvalue weighted by molar-refractivity contribution is 4.93. The molecule has 1 aliphatic heterocycles. The fourth-order valence-corrected chi connectivity index (χ4v) is 2.62. The molecule has 0 unspecified atom stereocenters. The van der Waals surface area contributed by atoms with E-state index in [1.165, 1.54) is 38.8 Å². The minimum atomic E-state index is 0.600. The van der Waals surface area contributed by atoms with Gasteiger partial charge in [0.2, 0.25) is 0 Å². The Morgan fingerprint density at radius 2 is 1.71 bits per heavy atom. The molecule has 0 aromatic heterocycles. The molecule has 0 aromatic rings. The number of piperidine rings is 1. The van der Waals surface area contributed by atoms with Crippen molar-refractivity contribution in [3.8, 4) is 0 Å². The zero-order chi connectivity index (χ0) is 10.2. The molecular weight excluding hydrogens is 172 g/mol. The normalized spacial score (nSPS) is 37.9. The Kier molecular flexibility index (Phi) is 2.85. The van der Waals surface area contributed by atoms with E-state index in [0.29, 0.717) is 5.41 Å². The van der Waals surface area contributed by atoms with Gasteiger partial charge in [0.15, 0.2) is 0 Å². The second-order valence-corrected chi connectivity index (χ2v) is 5.81. The van der Waals surface area contributed by atoms with E-state index in [4.69, 9.17) is 0 Å². The van der Waals surface area contributed by atoms with Gasteiger partial charge in [-0.1, -0.05) is 13.8 Å². The largest absolute Gasteiger partial charge is 0.317 e. The lowest BCUT2D eigenvalue weighted by Gasteiger charge is -2.47. The molecule has 14 heavy (non-hydrogen) atoms. The summed E-state index contributed by atoms with van der Waals surface area (Å²) in [7, 11) is 2.08. The molecule has 82 valence electrons. The fraction of sp³-hybridized carbons (Fsp3) is 1.00. The highest BCUT2D eigenvalue weighted by atomic mass is 15.2. The molecule has 1 N–H and O–H groups in total. The number of rotatable bonds is 2. The summed E-state index contributed by atoms with van der Waals surface area (Å²) in [5, 5.41) is 3.36. The Morgan fingerprint density at radius 3 is 2.21 bits per heavy atom. The number of likely N-dealkylation sites (tertiary alicyclic amines) is 1. The molecule has 2 heteroatoms. The third-order valence-corrected chi connectivity index (χ3v) is 4.19. The van der Waals surface area contributed by atoms with Crippen molar-refractivity contribution in [2.75, 3.05) is 20.1 Å². The summed E-state index contributed by atoms with van der Waals surface area (Å²) in [6, 6.07) is 1.69. The summed E-state index contributed by atoms with van der Waals surface area (Å²) in [6.45, 7) is 7.46. The predicted octanol–water partition coefficient (Wildman–Crippen LogP) is 1.86. The van der Waals surface area contributed by atoms with Crippen LogP contribution in [-0.2, 0) is 0 Å². The monoisotopic (exact) mass is 196 g/mol. The van der Waals surface area contributed by atoms with Crippen LogP contribution in [0.3, 0.4) is 0 Å². The first kappa shape index (κ1) is 10.4. The molecule has 0 atom stereocenters. The van der Waals surface area contributed by atoms with Gasteiger partial charge in [0.05, 0.1) is 0 Å². The van der Waals surface area contributed by atoms with Gasteiger partial charge in [0, 0.05) is 12.1 Å². The third kappa shape index (κ3) is 2.12. The summed E-state index contributed by atoms with van der Waals surface area (Å²) in [4.78, 5) is 2.71. The van der Waals surface area contributed by atoms with Gasteiger partial charge in [-0.25, -0.2) is 0 Å². The molecule has 0 spiro atoms. The molecule has 1 aliphatic carbocycles. The molecule has 0 aromatic carbocycles. The van der Waals surface area contributed by atoms with Crippen LogP contribution >= 0.6 is 0 Å². The SMILES string of the molecule is CNC1CC(N2CCC(C)(C)CC2)C1. The van der Waals surface area contributed by atoms with Gasteiger partial charge >= 0.3 is 0 Å². The van der Waals surface area contributed by atoms with E-state index in [-0.39, 0.29) is 0 Å². The highest BCUT2D eigenvalue weighted by Crippen LogP contribution is 2.34. The first-order chi connectivity index (χ1) is 6.61. The summed E-state index contributed by atoms with van der Waals surface area (Å²) in [6.07, 6.45) is 5.51. The topological polar surface area (TPSA) is 15.3 Å². The number of nitrogens with zero attached hydrogens (tertiary/aromatic N) is 1. The Bertz CT molecular complexity index is 184. The van der Waals surface area contributed by atoms with Gasteiger partial charge in [-0.2, -0.15) is 0 Å². The minimum Gasteiger partial charge on any atom is -0.317 e. The van der Waals surface area contributed by atoms with Crippen molar-refractivity contribution in [2.24, 2.45) is 5.41 Å². The standard InChI is InChI=1S/C12H24N2/c1-12(2)4-6-14(7-5-12)11-8-10(9-11)13-3/h10-11,13H,4-9H2,1-3H3. The van der Waals surface area contributed by atoms with Crippen LogP contribution in [0, 0.1) is 5.41 Å². The van der Waals surface area contributed by atoms with E-state index in [0.717, 1.165) is 12.1 Å². The minimum absolute atomic E-state index is 0.600. The summed E-state index contributed by atoms with van der Waals surface area (Å²) in [5.74, 6) is 0. The lowest BCUT2D eigenvalue weighted by Crippen LogP contribution is -2.54.